The van der Waals surface area contributed by atoms with E-state index in [-0.39, 0.29) is 18.3 Å². The lowest BCUT2D eigenvalue weighted by Gasteiger charge is -2.19. The Morgan fingerprint density at radius 2 is 1.22 bits per heavy atom. The lowest BCUT2D eigenvalue weighted by atomic mass is 10.0. The summed E-state index contributed by atoms with van der Waals surface area (Å²) in [6, 6.07) is 0. The van der Waals surface area contributed by atoms with Crippen LogP contribution in [0.25, 0.3) is 0 Å². The summed E-state index contributed by atoms with van der Waals surface area (Å²) in [7, 11) is 2.00. The maximum atomic E-state index is 11.9. The summed E-state index contributed by atoms with van der Waals surface area (Å²) in [6.07, 6.45) is 22.7. The zero-order chi connectivity index (χ0) is 26.7. The second-order valence-electron chi connectivity index (χ2n) is 10.5. The smallest absolute Gasteiger partial charge is 0.329 e. The highest BCUT2D eigenvalue weighted by Gasteiger charge is 2.17. The molecule has 36 heavy (non-hydrogen) atoms. The average Bonchev–Trinajstić information content (AvgIpc) is 2.86. The van der Waals surface area contributed by atoms with Crippen LogP contribution >= 0.6 is 8.60 Å². The van der Waals surface area contributed by atoms with Crippen molar-refractivity contribution in [1.29, 1.82) is 0 Å². The van der Waals surface area contributed by atoms with Gasteiger partial charge in [-0.05, 0) is 20.5 Å². The zero-order valence-corrected chi connectivity index (χ0v) is 25.2. The summed E-state index contributed by atoms with van der Waals surface area (Å²) in [5.41, 5.74) is 0. The monoisotopic (exact) mass is 533 g/mol. The Balaban J connectivity index is 3.63. The number of Topliss-reactive ketones (excluding diaryl/α,β-unsaturated/α-hetero) is 1. The van der Waals surface area contributed by atoms with Crippen LogP contribution in [0, 0.1) is 5.92 Å². The molecule has 0 saturated heterocycles. The second kappa shape index (κ2) is 27.9. The lowest BCUT2D eigenvalue weighted by Crippen LogP contribution is -2.20. The number of ketones is 1. The van der Waals surface area contributed by atoms with Gasteiger partial charge in [0.1, 0.15) is 5.78 Å². The number of ether oxygens (including phenoxy) is 1. The minimum Gasteiger partial charge on any atom is -0.381 e. The Hall–Kier alpha value is -0.100. The molecule has 0 radical (unpaired) electrons. The topological polar surface area (TPSA) is 68.2 Å². The summed E-state index contributed by atoms with van der Waals surface area (Å²) in [4.78, 5) is 23.8. The number of carbonyl (C=O) groups excluding carboxylic acids is 1. The fourth-order valence-electron chi connectivity index (χ4n) is 4.14. The molecule has 0 aromatic carbocycles. The second-order valence-corrected chi connectivity index (χ2v) is 11.5. The molecule has 0 saturated carbocycles. The third-order valence-electron chi connectivity index (χ3n) is 6.57. The predicted octanol–water partition coefficient (Wildman–Crippen LogP) is 8.06. The van der Waals surface area contributed by atoms with E-state index in [2.05, 4.69) is 6.92 Å². The van der Waals surface area contributed by atoms with Crippen molar-refractivity contribution in [2.24, 2.45) is 5.92 Å². The summed E-state index contributed by atoms with van der Waals surface area (Å²) in [5, 5.41) is 0. The van der Waals surface area contributed by atoms with Crippen molar-refractivity contribution in [2.75, 3.05) is 47.1 Å². The molecule has 0 fully saturated rings. The van der Waals surface area contributed by atoms with Crippen LogP contribution in [0.15, 0.2) is 0 Å². The maximum Gasteiger partial charge on any atom is 0.329 e. The highest BCUT2D eigenvalue weighted by Crippen LogP contribution is 2.33. The number of hydrogen-bond donors (Lipinski definition) is 1. The largest absolute Gasteiger partial charge is 0.381 e. The van der Waals surface area contributed by atoms with Gasteiger partial charge in [0.15, 0.2) is 0 Å². The van der Waals surface area contributed by atoms with Crippen molar-refractivity contribution in [3.8, 4) is 0 Å². The van der Waals surface area contributed by atoms with Gasteiger partial charge in [0.2, 0.25) is 0 Å². The van der Waals surface area contributed by atoms with Gasteiger partial charge in [-0.2, -0.15) is 0 Å². The molecule has 0 aliphatic rings. The summed E-state index contributed by atoms with van der Waals surface area (Å²) >= 11 is 0. The van der Waals surface area contributed by atoms with Gasteiger partial charge in [0.25, 0.3) is 0 Å². The lowest BCUT2D eigenvalue weighted by molar-refractivity contribution is -0.120. The Morgan fingerprint density at radius 3 is 1.69 bits per heavy atom. The SMILES string of the molecule is CCCCCCCCCCCCCCCCCCOCC(COP(O)OCCN(C)C)CC(=O)CC. The van der Waals surface area contributed by atoms with Crippen molar-refractivity contribution >= 4 is 14.4 Å². The van der Waals surface area contributed by atoms with Gasteiger partial charge in [-0.1, -0.05) is 110 Å². The van der Waals surface area contributed by atoms with E-state index in [1.54, 1.807) is 0 Å². The number of unbranched alkanes of at least 4 members (excludes halogenated alkanes) is 15. The molecule has 0 spiro atoms. The van der Waals surface area contributed by atoms with Gasteiger partial charge in [-0.15, -0.1) is 0 Å². The average molecular weight is 534 g/mol. The molecule has 2 atom stereocenters. The summed E-state index contributed by atoms with van der Waals surface area (Å²) in [5.74, 6) is 0.165. The molecule has 0 aromatic heterocycles. The van der Waals surface area contributed by atoms with Crippen molar-refractivity contribution in [2.45, 2.75) is 129 Å². The van der Waals surface area contributed by atoms with Crippen LogP contribution in [0.3, 0.4) is 0 Å². The Labute approximate surface area is 225 Å². The first-order valence-corrected chi connectivity index (χ1v) is 16.1. The van der Waals surface area contributed by atoms with Crippen LogP contribution in [0.1, 0.15) is 129 Å². The molecule has 0 amide bonds. The molecule has 0 aromatic rings. The Kier molecular flexibility index (Phi) is 27.8. The van der Waals surface area contributed by atoms with E-state index in [9.17, 15) is 9.69 Å². The van der Waals surface area contributed by atoms with Gasteiger partial charge in [-0.25, -0.2) is 0 Å². The van der Waals surface area contributed by atoms with E-state index < -0.39 is 8.60 Å². The van der Waals surface area contributed by atoms with Crippen LogP contribution in [-0.4, -0.2) is 62.6 Å². The molecular formula is C29H60NO5P. The Morgan fingerprint density at radius 1 is 0.722 bits per heavy atom. The molecule has 0 bridgehead atoms. The first-order chi connectivity index (χ1) is 17.5. The van der Waals surface area contributed by atoms with E-state index in [1.165, 1.54) is 96.3 Å². The maximum absolute atomic E-state index is 11.9. The highest BCUT2D eigenvalue weighted by molar-refractivity contribution is 7.40. The minimum atomic E-state index is -1.91. The molecular weight excluding hydrogens is 473 g/mol. The van der Waals surface area contributed by atoms with Gasteiger partial charge < -0.3 is 23.6 Å². The fraction of sp³-hybridized carbons (Fsp3) is 0.966. The third kappa shape index (κ3) is 26.9. The van der Waals surface area contributed by atoms with Crippen LogP contribution in [-0.2, 0) is 18.6 Å². The number of likely N-dealkylation sites (N-methyl/N-ethyl adjacent to an activating group) is 1. The number of hydrogen-bond acceptors (Lipinski definition) is 6. The van der Waals surface area contributed by atoms with Crippen LogP contribution < -0.4 is 0 Å². The van der Waals surface area contributed by atoms with Crippen LogP contribution in [0.4, 0.5) is 0 Å². The van der Waals surface area contributed by atoms with E-state index in [4.69, 9.17) is 13.8 Å². The number of carbonyl (C=O) groups is 1. The van der Waals surface area contributed by atoms with E-state index >= 15 is 0 Å². The molecule has 6 nitrogen and oxygen atoms in total. The highest BCUT2D eigenvalue weighted by atomic mass is 31.2. The van der Waals surface area contributed by atoms with Gasteiger partial charge in [-0.3, -0.25) is 4.79 Å². The fourth-order valence-corrected chi connectivity index (χ4v) is 4.79. The molecule has 1 N–H and O–H groups in total. The van der Waals surface area contributed by atoms with E-state index in [0.717, 1.165) is 19.6 Å². The van der Waals surface area contributed by atoms with Crippen LogP contribution in [0.5, 0.6) is 0 Å². The molecule has 216 valence electrons. The van der Waals surface area contributed by atoms with Crippen molar-refractivity contribution < 1.29 is 23.5 Å². The van der Waals surface area contributed by atoms with Crippen molar-refractivity contribution in [1.82, 2.24) is 4.90 Å². The molecule has 0 rings (SSSR count). The standard InChI is InChI=1S/C29H60NO5P/c1-5-7-8-9-10-11-12-13-14-15-16-17-18-19-20-21-23-33-26-28(25-29(31)6-2)27-35-36(32)34-24-22-30(3)4/h28,32H,5-27H2,1-4H3. The van der Waals surface area contributed by atoms with E-state index in [1.807, 2.05) is 25.9 Å². The molecule has 7 heteroatoms. The van der Waals surface area contributed by atoms with E-state index in [0.29, 0.717) is 26.1 Å². The Bertz CT molecular complexity index is 467. The third-order valence-corrected chi connectivity index (χ3v) is 7.34. The number of nitrogens with zero attached hydrogens (tertiary/aromatic N) is 1. The summed E-state index contributed by atoms with van der Waals surface area (Å²) < 4.78 is 16.6. The van der Waals surface area contributed by atoms with Gasteiger partial charge in [0, 0.05) is 31.9 Å². The summed E-state index contributed by atoms with van der Waals surface area (Å²) in [6.45, 7) is 6.80. The molecule has 2 unspecified atom stereocenters. The normalized spacial score (nSPS) is 13.4. The van der Waals surface area contributed by atoms with Crippen molar-refractivity contribution in [3.05, 3.63) is 0 Å². The minimum absolute atomic E-state index is 0.0342. The number of rotatable bonds is 29. The first-order valence-electron chi connectivity index (χ1n) is 15.0. The first kappa shape index (κ1) is 35.9. The molecule has 0 aliphatic heterocycles. The quantitative estimate of drug-likeness (QED) is 0.0774. The van der Waals surface area contributed by atoms with Crippen molar-refractivity contribution in [3.63, 3.8) is 0 Å². The molecule has 0 aliphatic carbocycles. The predicted molar refractivity (Wildman–Crippen MR) is 153 cm³/mol. The van der Waals surface area contributed by atoms with Crippen LogP contribution in [0.2, 0.25) is 0 Å². The molecule has 0 heterocycles. The van der Waals surface area contributed by atoms with Gasteiger partial charge >= 0.3 is 8.60 Å². The van der Waals surface area contributed by atoms with Gasteiger partial charge in [0.05, 0.1) is 19.8 Å². The zero-order valence-electron chi connectivity index (χ0n) is 24.3.